The molecule has 1 amide bonds. The molecule has 0 aliphatic heterocycles. The summed E-state index contributed by atoms with van der Waals surface area (Å²) in [5.74, 6) is 0.321. The van der Waals surface area contributed by atoms with Gasteiger partial charge >= 0.3 is 0 Å². The molecule has 0 radical (unpaired) electrons. The van der Waals surface area contributed by atoms with Crippen LogP contribution >= 0.6 is 0 Å². The molecule has 1 N–H and O–H groups in total. The van der Waals surface area contributed by atoms with E-state index in [1.165, 1.54) is 0 Å². The number of amides is 1. The van der Waals surface area contributed by atoms with Gasteiger partial charge in [-0.05, 0) is 25.5 Å². The number of rotatable bonds is 7. The Bertz CT molecular complexity index is 926. The van der Waals surface area contributed by atoms with E-state index in [2.05, 4.69) is 17.2 Å². The number of fused-ring (bicyclic) bond motifs is 1. The molecular weight excluding hydrogens is 326 g/mol. The van der Waals surface area contributed by atoms with Crippen molar-refractivity contribution >= 4 is 28.7 Å². The molecule has 0 atom stereocenters. The molecule has 2 aromatic carbocycles. The van der Waals surface area contributed by atoms with Crippen molar-refractivity contribution in [2.45, 2.75) is 39.7 Å². The topological polar surface area (TPSA) is 64.0 Å². The highest BCUT2D eigenvalue weighted by Gasteiger charge is 2.14. The lowest BCUT2D eigenvalue weighted by Gasteiger charge is -2.09. The van der Waals surface area contributed by atoms with Crippen LogP contribution in [-0.2, 0) is 11.3 Å². The minimum atomic E-state index is -0.196. The molecule has 0 saturated heterocycles. The first-order valence-corrected chi connectivity index (χ1v) is 8.93. The zero-order chi connectivity index (χ0) is 18.5. The summed E-state index contributed by atoms with van der Waals surface area (Å²) in [5, 5.41) is 2.86. The van der Waals surface area contributed by atoms with Crippen LogP contribution in [-0.4, -0.2) is 21.2 Å². The number of para-hydroxylation sites is 2. The second kappa shape index (κ2) is 7.95. The Morgan fingerprint density at radius 1 is 1.04 bits per heavy atom. The number of carbonyl (C=O) groups excluding carboxylic acids is 2. The van der Waals surface area contributed by atoms with E-state index in [0.29, 0.717) is 11.5 Å². The Kier molecular flexibility index (Phi) is 5.46. The van der Waals surface area contributed by atoms with Crippen molar-refractivity contribution in [1.29, 1.82) is 0 Å². The fourth-order valence-electron chi connectivity index (χ4n) is 2.92. The van der Waals surface area contributed by atoms with Gasteiger partial charge in [0.1, 0.15) is 0 Å². The van der Waals surface area contributed by atoms with E-state index in [0.717, 1.165) is 29.6 Å². The summed E-state index contributed by atoms with van der Waals surface area (Å²) in [4.78, 5) is 29.1. The highest BCUT2D eigenvalue weighted by Crippen LogP contribution is 2.20. The predicted octanol–water partition coefficient (Wildman–Crippen LogP) is 4.36. The standard InChI is InChI=1S/C21H23N3O2/c1-3-14-24-18-7-5-4-6-17(18)22-21(24)23-20(26)13-12-19(25)16-10-8-15(2)9-11-16/h4-11H,3,12-14H2,1-2H3,(H,22,23,26). The second-order valence-electron chi connectivity index (χ2n) is 6.41. The summed E-state index contributed by atoms with van der Waals surface area (Å²) >= 11 is 0. The van der Waals surface area contributed by atoms with Gasteiger partial charge in [0.25, 0.3) is 0 Å². The van der Waals surface area contributed by atoms with E-state index >= 15 is 0 Å². The fourth-order valence-corrected chi connectivity index (χ4v) is 2.92. The van der Waals surface area contributed by atoms with E-state index in [1.54, 1.807) is 12.1 Å². The number of carbonyl (C=O) groups is 2. The van der Waals surface area contributed by atoms with Crippen molar-refractivity contribution in [3.63, 3.8) is 0 Å². The number of nitrogens with one attached hydrogen (secondary N) is 1. The number of aromatic nitrogens is 2. The zero-order valence-corrected chi connectivity index (χ0v) is 15.2. The third-order valence-electron chi connectivity index (χ3n) is 4.31. The molecule has 26 heavy (non-hydrogen) atoms. The van der Waals surface area contributed by atoms with E-state index in [9.17, 15) is 9.59 Å². The quantitative estimate of drug-likeness (QED) is 0.645. The minimum Gasteiger partial charge on any atom is -0.310 e. The van der Waals surface area contributed by atoms with Crippen LogP contribution in [0.15, 0.2) is 48.5 Å². The van der Waals surface area contributed by atoms with Gasteiger partial charge in [0, 0.05) is 24.9 Å². The molecule has 0 aliphatic carbocycles. The number of Topliss-reactive ketones (excluding diaryl/α,β-unsaturated/α-hetero) is 1. The van der Waals surface area contributed by atoms with E-state index in [4.69, 9.17) is 0 Å². The third-order valence-corrected chi connectivity index (χ3v) is 4.31. The molecule has 0 unspecified atom stereocenters. The molecule has 1 aromatic heterocycles. The molecule has 0 spiro atoms. The molecular formula is C21H23N3O2. The van der Waals surface area contributed by atoms with Crippen LogP contribution in [0, 0.1) is 6.92 Å². The maximum atomic E-state index is 12.3. The normalized spacial score (nSPS) is 10.8. The van der Waals surface area contributed by atoms with Crippen molar-refractivity contribution in [1.82, 2.24) is 9.55 Å². The summed E-state index contributed by atoms with van der Waals surface area (Å²) < 4.78 is 2.01. The number of aryl methyl sites for hydroxylation is 2. The number of benzene rings is 2. The smallest absolute Gasteiger partial charge is 0.227 e. The van der Waals surface area contributed by atoms with Gasteiger partial charge in [-0.15, -0.1) is 0 Å². The SMILES string of the molecule is CCCn1c(NC(=O)CCC(=O)c2ccc(C)cc2)nc2ccccc21. The molecule has 5 nitrogen and oxygen atoms in total. The van der Waals surface area contributed by atoms with Crippen molar-refractivity contribution in [3.05, 3.63) is 59.7 Å². The number of nitrogens with zero attached hydrogens (tertiary/aromatic N) is 2. The molecule has 1 heterocycles. The lowest BCUT2D eigenvalue weighted by molar-refractivity contribution is -0.116. The lowest BCUT2D eigenvalue weighted by Crippen LogP contribution is -2.17. The number of anilines is 1. The van der Waals surface area contributed by atoms with Gasteiger partial charge < -0.3 is 4.57 Å². The average molecular weight is 349 g/mol. The van der Waals surface area contributed by atoms with Gasteiger partial charge in [-0.2, -0.15) is 0 Å². The molecule has 134 valence electrons. The highest BCUT2D eigenvalue weighted by molar-refractivity contribution is 6.00. The Morgan fingerprint density at radius 3 is 2.50 bits per heavy atom. The van der Waals surface area contributed by atoms with Gasteiger partial charge in [-0.1, -0.05) is 48.9 Å². The van der Waals surface area contributed by atoms with Crippen molar-refractivity contribution in [2.75, 3.05) is 5.32 Å². The van der Waals surface area contributed by atoms with Gasteiger partial charge in [0.05, 0.1) is 11.0 Å². The summed E-state index contributed by atoms with van der Waals surface area (Å²) in [7, 11) is 0. The molecule has 3 rings (SSSR count). The Morgan fingerprint density at radius 2 is 1.77 bits per heavy atom. The first kappa shape index (κ1) is 17.9. The monoisotopic (exact) mass is 349 g/mol. The summed E-state index contributed by atoms with van der Waals surface area (Å²) in [5.41, 5.74) is 3.60. The predicted molar refractivity (Wildman–Crippen MR) is 103 cm³/mol. The highest BCUT2D eigenvalue weighted by atomic mass is 16.2. The molecule has 0 bridgehead atoms. The van der Waals surface area contributed by atoms with Gasteiger partial charge in [-0.25, -0.2) is 4.98 Å². The van der Waals surface area contributed by atoms with Crippen LogP contribution < -0.4 is 5.32 Å². The molecule has 0 fully saturated rings. The second-order valence-corrected chi connectivity index (χ2v) is 6.41. The fraction of sp³-hybridized carbons (Fsp3) is 0.286. The first-order valence-electron chi connectivity index (χ1n) is 8.93. The summed E-state index contributed by atoms with van der Waals surface area (Å²) in [6, 6.07) is 15.2. The molecule has 5 heteroatoms. The van der Waals surface area contributed by atoms with Crippen LogP contribution in [0.5, 0.6) is 0 Å². The zero-order valence-electron chi connectivity index (χ0n) is 15.2. The van der Waals surface area contributed by atoms with Crippen LogP contribution in [0.25, 0.3) is 11.0 Å². The Labute approximate surface area is 153 Å². The van der Waals surface area contributed by atoms with E-state index in [1.807, 2.05) is 47.9 Å². The van der Waals surface area contributed by atoms with Gasteiger partial charge in [0.2, 0.25) is 11.9 Å². The largest absolute Gasteiger partial charge is 0.310 e. The number of imidazole rings is 1. The van der Waals surface area contributed by atoms with Crippen LogP contribution in [0.3, 0.4) is 0 Å². The van der Waals surface area contributed by atoms with Crippen molar-refractivity contribution in [3.8, 4) is 0 Å². The summed E-state index contributed by atoms with van der Waals surface area (Å²) in [6.07, 6.45) is 1.26. The third kappa shape index (κ3) is 3.99. The minimum absolute atomic E-state index is 0.0257. The van der Waals surface area contributed by atoms with Crippen LogP contribution in [0.1, 0.15) is 42.1 Å². The molecule has 3 aromatic rings. The van der Waals surface area contributed by atoms with Crippen molar-refractivity contribution in [2.24, 2.45) is 0 Å². The van der Waals surface area contributed by atoms with E-state index in [-0.39, 0.29) is 24.5 Å². The molecule has 0 saturated carbocycles. The van der Waals surface area contributed by atoms with Crippen LogP contribution in [0.4, 0.5) is 5.95 Å². The average Bonchev–Trinajstić information content (AvgIpc) is 2.98. The Hall–Kier alpha value is -2.95. The molecule has 0 aliphatic rings. The maximum Gasteiger partial charge on any atom is 0.227 e. The van der Waals surface area contributed by atoms with E-state index < -0.39 is 0 Å². The number of ketones is 1. The van der Waals surface area contributed by atoms with Gasteiger partial charge in [-0.3, -0.25) is 14.9 Å². The summed E-state index contributed by atoms with van der Waals surface area (Å²) in [6.45, 7) is 4.84. The maximum absolute atomic E-state index is 12.3. The van der Waals surface area contributed by atoms with Crippen LogP contribution in [0.2, 0.25) is 0 Å². The van der Waals surface area contributed by atoms with Crippen molar-refractivity contribution < 1.29 is 9.59 Å². The lowest BCUT2D eigenvalue weighted by atomic mass is 10.1. The first-order chi connectivity index (χ1) is 12.6. The number of hydrogen-bond donors (Lipinski definition) is 1. The number of hydrogen-bond acceptors (Lipinski definition) is 3. The Balaban J connectivity index is 1.66. The van der Waals surface area contributed by atoms with Gasteiger partial charge in [0.15, 0.2) is 5.78 Å².